The maximum Gasteiger partial charge on any atom is 0.159 e. The maximum atomic E-state index is 14.6. The van der Waals surface area contributed by atoms with Crippen molar-refractivity contribution in [3.05, 3.63) is 118 Å². The monoisotopic (exact) mass is 476 g/mol. The molecule has 1 nitrogen and oxygen atoms in total. The molecule has 0 unspecified atom stereocenters. The average molecular weight is 477 g/mol. The number of halogens is 4. The van der Waals surface area contributed by atoms with Crippen molar-refractivity contribution in [2.45, 2.75) is 25.7 Å². The summed E-state index contributed by atoms with van der Waals surface area (Å²) in [6, 6.07) is 17.3. The molecule has 0 spiro atoms. The van der Waals surface area contributed by atoms with Crippen molar-refractivity contribution in [1.82, 2.24) is 0 Å². The zero-order valence-corrected chi connectivity index (χ0v) is 19.3. The Kier molecular flexibility index (Phi) is 7.84. The molecule has 0 saturated carbocycles. The van der Waals surface area contributed by atoms with E-state index >= 15 is 0 Å². The lowest BCUT2D eigenvalue weighted by molar-refractivity contribution is 0.195. The molecule has 0 amide bonds. The van der Waals surface area contributed by atoms with E-state index in [4.69, 9.17) is 4.74 Å². The van der Waals surface area contributed by atoms with Gasteiger partial charge in [-0.25, -0.2) is 17.6 Å². The van der Waals surface area contributed by atoms with Crippen LogP contribution in [0.25, 0.3) is 10.8 Å². The lowest BCUT2D eigenvalue weighted by Gasteiger charge is -2.07. The summed E-state index contributed by atoms with van der Waals surface area (Å²) in [7, 11) is 1.64. The molecule has 0 saturated heterocycles. The molecule has 0 aromatic heterocycles. The summed E-state index contributed by atoms with van der Waals surface area (Å²) in [6.45, 7) is 0.638. The summed E-state index contributed by atoms with van der Waals surface area (Å²) in [5, 5.41) is 1.07. The predicted molar refractivity (Wildman–Crippen MR) is 130 cm³/mol. The number of hydrogen-bond donors (Lipinski definition) is 0. The van der Waals surface area contributed by atoms with Gasteiger partial charge in [-0.3, -0.25) is 0 Å². The molecule has 0 N–H and O–H groups in total. The summed E-state index contributed by atoms with van der Waals surface area (Å²) in [6.07, 6.45) is 2.55. The van der Waals surface area contributed by atoms with E-state index in [1.54, 1.807) is 49.6 Å². The maximum absolute atomic E-state index is 14.6. The largest absolute Gasteiger partial charge is 0.385 e. The van der Waals surface area contributed by atoms with Gasteiger partial charge in [0.05, 0.1) is 5.56 Å². The second-order valence-corrected chi connectivity index (χ2v) is 8.41. The van der Waals surface area contributed by atoms with Crippen molar-refractivity contribution in [1.29, 1.82) is 0 Å². The number of methoxy groups -OCH3 is 1. The number of aryl methyl sites for hydroxylation is 3. The Morgan fingerprint density at radius 1 is 0.629 bits per heavy atom. The molecule has 5 heteroatoms. The van der Waals surface area contributed by atoms with E-state index in [1.165, 1.54) is 6.07 Å². The van der Waals surface area contributed by atoms with Crippen molar-refractivity contribution >= 4 is 10.8 Å². The van der Waals surface area contributed by atoms with Gasteiger partial charge in [0.15, 0.2) is 11.6 Å². The van der Waals surface area contributed by atoms with Gasteiger partial charge >= 0.3 is 0 Å². The molecule has 0 aliphatic carbocycles. The Labute approximate surface area is 202 Å². The summed E-state index contributed by atoms with van der Waals surface area (Å²) >= 11 is 0. The fourth-order valence-corrected chi connectivity index (χ4v) is 3.92. The highest BCUT2D eigenvalue weighted by Crippen LogP contribution is 2.20. The molecule has 0 atom stereocenters. The first kappa shape index (κ1) is 24.5. The molecule has 0 bridgehead atoms. The number of rotatable bonds is 7. The molecule has 0 heterocycles. The Bertz CT molecular complexity index is 1420. The minimum Gasteiger partial charge on any atom is -0.385 e. The molecule has 0 aliphatic rings. The highest BCUT2D eigenvalue weighted by atomic mass is 19.2. The second-order valence-electron chi connectivity index (χ2n) is 8.41. The fraction of sp³-hybridized carbons (Fsp3) is 0.200. The van der Waals surface area contributed by atoms with Gasteiger partial charge in [-0.15, -0.1) is 0 Å². The van der Waals surface area contributed by atoms with E-state index in [-0.39, 0.29) is 11.4 Å². The molecular weight excluding hydrogens is 452 g/mol. The summed E-state index contributed by atoms with van der Waals surface area (Å²) in [5.41, 5.74) is 3.07. The third-order valence-corrected chi connectivity index (χ3v) is 5.87. The van der Waals surface area contributed by atoms with E-state index in [0.717, 1.165) is 36.1 Å². The quantitative estimate of drug-likeness (QED) is 0.156. The highest BCUT2D eigenvalue weighted by molar-refractivity contribution is 5.84. The van der Waals surface area contributed by atoms with Crippen LogP contribution in [0.2, 0.25) is 0 Å². The van der Waals surface area contributed by atoms with Gasteiger partial charge in [-0.05, 0) is 95.6 Å². The smallest absolute Gasteiger partial charge is 0.159 e. The minimum absolute atomic E-state index is 0.228. The van der Waals surface area contributed by atoms with E-state index < -0.39 is 17.5 Å². The number of ether oxygens (including phenoxy) is 1. The molecule has 0 radical (unpaired) electrons. The molecular formula is C30H24F4O. The molecule has 178 valence electrons. The normalized spacial score (nSPS) is 10.9. The molecule has 4 aromatic carbocycles. The van der Waals surface area contributed by atoms with E-state index in [9.17, 15) is 17.6 Å². The first-order valence-corrected chi connectivity index (χ1v) is 11.4. The summed E-state index contributed by atoms with van der Waals surface area (Å²) < 4.78 is 61.0. The third-order valence-electron chi connectivity index (χ3n) is 5.87. The van der Waals surface area contributed by atoms with Gasteiger partial charge in [0.1, 0.15) is 11.6 Å². The topological polar surface area (TPSA) is 9.23 Å². The molecule has 4 rings (SSSR count). The zero-order chi connectivity index (χ0) is 24.8. The van der Waals surface area contributed by atoms with Gasteiger partial charge in [0.25, 0.3) is 0 Å². The molecule has 0 fully saturated rings. The van der Waals surface area contributed by atoms with Crippen LogP contribution in [0.3, 0.4) is 0 Å². The standard InChI is InChI=1S/C30H24F4O/c1-35-14-2-3-20-4-9-23(27(31)16-20)11-6-22-7-12-24(28(32)17-22)10-5-21-8-13-25-18-29(33)30(34)19-26(25)15-21/h4,7-9,12-13,15-19H,2-3,6,11,14H2,1H3. The van der Waals surface area contributed by atoms with Crippen LogP contribution in [0, 0.1) is 35.1 Å². The molecule has 35 heavy (non-hydrogen) atoms. The van der Waals surface area contributed by atoms with E-state index in [0.29, 0.717) is 41.3 Å². The minimum atomic E-state index is -0.929. The van der Waals surface area contributed by atoms with Crippen LogP contribution in [-0.4, -0.2) is 13.7 Å². The zero-order valence-electron chi connectivity index (χ0n) is 19.3. The van der Waals surface area contributed by atoms with Crippen LogP contribution >= 0.6 is 0 Å². The van der Waals surface area contributed by atoms with Gasteiger partial charge in [-0.1, -0.05) is 36.1 Å². The fourth-order valence-electron chi connectivity index (χ4n) is 3.92. The molecule has 4 aromatic rings. The predicted octanol–water partition coefficient (Wildman–Crippen LogP) is 7.16. The van der Waals surface area contributed by atoms with Crippen LogP contribution in [0.15, 0.2) is 66.7 Å². The van der Waals surface area contributed by atoms with Crippen molar-refractivity contribution in [3.63, 3.8) is 0 Å². The summed E-state index contributed by atoms with van der Waals surface area (Å²) in [4.78, 5) is 0. The third kappa shape index (κ3) is 6.29. The van der Waals surface area contributed by atoms with Gasteiger partial charge in [-0.2, -0.15) is 0 Å². The molecule has 0 aliphatic heterocycles. The SMILES string of the molecule is COCCCc1ccc(CCc2ccc(C#Cc3ccc4cc(F)c(F)cc4c3)c(F)c2)c(F)c1. The first-order valence-electron chi connectivity index (χ1n) is 11.4. The Balaban J connectivity index is 1.42. The van der Waals surface area contributed by atoms with E-state index in [1.807, 2.05) is 6.07 Å². The van der Waals surface area contributed by atoms with Gasteiger partial charge in [0, 0.05) is 19.3 Å². The van der Waals surface area contributed by atoms with Crippen LogP contribution < -0.4 is 0 Å². The van der Waals surface area contributed by atoms with Crippen molar-refractivity contribution in [3.8, 4) is 11.8 Å². The first-order chi connectivity index (χ1) is 16.9. The van der Waals surface area contributed by atoms with Crippen LogP contribution in [0.1, 0.15) is 34.2 Å². The number of fused-ring (bicyclic) bond motifs is 1. The Hall–Kier alpha value is -3.62. The highest BCUT2D eigenvalue weighted by Gasteiger charge is 2.07. The average Bonchev–Trinajstić information content (AvgIpc) is 2.84. The van der Waals surface area contributed by atoms with Crippen molar-refractivity contribution in [2.75, 3.05) is 13.7 Å². The van der Waals surface area contributed by atoms with Crippen molar-refractivity contribution < 1.29 is 22.3 Å². The van der Waals surface area contributed by atoms with Crippen LogP contribution in [-0.2, 0) is 24.0 Å². The Morgan fingerprint density at radius 2 is 1.34 bits per heavy atom. The second kappa shape index (κ2) is 11.2. The summed E-state index contributed by atoms with van der Waals surface area (Å²) in [5.74, 6) is 3.12. The number of benzene rings is 4. The van der Waals surface area contributed by atoms with Gasteiger partial charge in [0.2, 0.25) is 0 Å². The number of hydrogen-bond acceptors (Lipinski definition) is 1. The van der Waals surface area contributed by atoms with E-state index in [2.05, 4.69) is 11.8 Å². The van der Waals surface area contributed by atoms with Crippen molar-refractivity contribution in [2.24, 2.45) is 0 Å². The lowest BCUT2D eigenvalue weighted by atomic mass is 10.00. The van der Waals surface area contributed by atoms with Crippen LogP contribution in [0.4, 0.5) is 17.6 Å². The Morgan fingerprint density at radius 3 is 2.09 bits per heavy atom. The van der Waals surface area contributed by atoms with Crippen LogP contribution in [0.5, 0.6) is 0 Å². The lowest BCUT2D eigenvalue weighted by Crippen LogP contribution is -1.99. The van der Waals surface area contributed by atoms with Gasteiger partial charge < -0.3 is 4.74 Å².